The standard InChI is InChI=1S/C16H15F2NO/c17-14-7-4-13(5-8-14)11-19-16(20)9-6-12-2-1-3-15(18)10-12/h1-5,7-8,10H,6,9,11H2,(H,19,20). The molecular weight excluding hydrogens is 260 g/mol. The molecule has 0 radical (unpaired) electrons. The Morgan fingerprint density at radius 2 is 1.70 bits per heavy atom. The average Bonchev–Trinajstić information content (AvgIpc) is 2.45. The van der Waals surface area contributed by atoms with Gasteiger partial charge in [-0.15, -0.1) is 0 Å². The highest BCUT2D eigenvalue weighted by Gasteiger charge is 2.03. The van der Waals surface area contributed by atoms with Crippen LogP contribution in [-0.2, 0) is 17.8 Å². The summed E-state index contributed by atoms with van der Waals surface area (Å²) in [6.07, 6.45) is 0.789. The monoisotopic (exact) mass is 275 g/mol. The molecule has 2 nitrogen and oxygen atoms in total. The van der Waals surface area contributed by atoms with E-state index in [1.807, 2.05) is 0 Å². The molecule has 4 heteroatoms. The van der Waals surface area contributed by atoms with Gasteiger partial charge in [0.1, 0.15) is 11.6 Å². The Morgan fingerprint density at radius 3 is 2.40 bits per heavy atom. The second-order valence-electron chi connectivity index (χ2n) is 4.53. The first-order valence-electron chi connectivity index (χ1n) is 6.39. The van der Waals surface area contributed by atoms with Gasteiger partial charge in [0.05, 0.1) is 0 Å². The highest BCUT2D eigenvalue weighted by Crippen LogP contribution is 2.06. The van der Waals surface area contributed by atoms with E-state index in [-0.39, 0.29) is 17.5 Å². The summed E-state index contributed by atoms with van der Waals surface area (Å²) in [6, 6.07) is 12.2. The fourth-order valence-electron chi connectivity index (χ4n) is 1.84. The number of halogens is 2. The molecule has 1 N–H and O–H groups in total. The molecule has 0 aliphatic carbocycles. The van der Waals surface area contributed by atoms with Gasteiger partial charge in [0.25, 0.3) is 0 Å². The minimum Gasteiger partial charge on any atom is -0.352 e. The van der Waals surface area contributed by atoms with Crippen LogP contribution in [0.15, 0.2) is 48.5 Å². The molecule has 20 heavy (non-hydrogen) atoms. The van der Waals surface area contributed by atoms with E-state index >= 15 is 0 Å². The van der Waals surface area contributed by atoms with E-state index in [0.717, 1.165) is 11.1 Å². The average molecular weight is 275 g/mol. The van der Waals surface area contributed by atoms with Crippen molar-refractivity contribution >= 4 is 5.91 Å². The molecule has 0 spiro atoms. The molecule has 1 amide bonds. The molecule has 0 heterocycles. The summed E-state index contributed by atoms with van der Waals surface area (Å²) in [4.78, 5) is 11.7. The molecule has 0 atom stereocenters. The first kappa shape index (κ1) is 14.2. The number of nitrogens with one attached hydrogen (secondary N) is 1. The van der Waals surface area contributed by atoms with Gasteiger partial charge in [-0.25, -0.2) is 8.78 Å². The van der Waals surface area contributed by atoms with Crippen LogP contribution in [0.1, 0.15) is 17.5 Å². The first-order valence-corrected chi connectivity index (χ1v) is 6.39. The molecule has 2 rings (SSSR count). The Balaban J connectivity index is 1.77. The highest BCUT2D eigenvalue weighted by molar-refractivity contribution is 5.76. The first-order chi connectivity index (χ1) is 9.63. The molecule has 0 aromatic heterocycles. The van der Waals surface area contributed by atoms with Crippen LogP contribution in [0.5, 0.6) is 0 Å². The molecule has 0 aliphatic heterocycles. The molecule has 0 aliphatic rings. The number of amides is 1. The SMILES string of the molecule is O=C(CCc1cccc(F)c1)NCc1ccc(F)cc1. The van der Waals surface area contributed by atoms with E-state index < -0.39 is 0 Å². The largest absolute Gasteiger partial charge is 0.352 e. The summed E-state index contributed by atoms with van der Waals surface area (Å²) in [6.45, 7) is 0.363. The van der Waals surface area contributed by atoms with Gasteiger partial charge in [0.2, 0.25) is 5.91 Å². The summed E-state index contributed by atoms with van der Waals surface area (Å²) in [5.41, 5.74) is 1.63. The topological polar surface area (TPSA) is 29.1 Å². The van der Waals surface area contributed by atoms with Crippen molar-refractivity contribution in [3.8, 4) is 0 Å². The summed E-state index contributed by atoms with van der Waals surface area (Å²) < 4.78 is 25.7. The summed E-state index contributed by atoms with van der Waals surface area (Å²) >= 11 is 0. The second-order valence-corrected chi connectivity index (χ2v) is 4.53. The van der Waals surface area contributed by atoms with Crippen LogP contribution in [0.2, 0.25) is 0 Å². The summed E-state index contributed by atoms with van der Waals surface area (Å²) in [5.74, 6) is -0.709. The highest BCUT2D eigenvalue weighted by atomic mass is 19.1. The molecule has 2 aromatic rings. The predicted molar refractivity (Wildman–Crippen MR) is 73.0 cm³/mol. The molecule has 0 bridgehead atoms. The number of carbonyl (C=O) groups excluding carboxylic acids is 1. The number of benzene rings is 2. The fraction of sp³-hybridized carbons (Fsp3) is 0.188. The third-order valence-electron chi connectivity index (χ3n) is 2.93. The number of aryl methyl sites for hydroxylation is 1. The summed E-state index contributed by atoms with van der Waals surface area (Å²) in [5, 5.41) is 2.75. The Labute approximate surface area is 116 Å². The lowest BCUT2D eigenvalue weighted by Gasteiger charge is -2.05. The molecule has 0 saturated carbocycles. The van der Waals surface area contributed by atoms with E-state index in [2.05, 4.69) is 5.32 Å². The van der Waals surface area contributed by atoms with Gasteiger partial charge in [0.15, 0.2) is 0 Å². The van der Waals surface area contributed by atoms with E-state index in [1.165, 1.54) is 24.3 Å². The van der Waals surface area contributed by atoms with Gasteiger partial charge in [0, 0.05) is 13.0 Å². The Hall–Kier alpha value is -2.23. The van der Waals surface area contributed by atoms with Crippen LogP contribution in [-0.4, -0.2) is 5.91 Å². The Bertz CT molecular complexity index is 581. The van der Waals surface area contributed by atoms with Crippen molar-refractivity contribution in [1.29, 1.82) is 0 Å². The maximum absolute atomic E-state index is 13.0. The van der Waals surface area contributed by atoms with Crippen molar-refractivity contribution in [3.05, 3.63) is 71.3 Å². The molecular formula is C16H15F2NO. The van der Waals surface area contributed by atoms with E-state index in [9.17, 15) is 13.6 Å². The van der Waals surface area contributed by atoms with Gasteiger partial charge < -0.3 is 5.32 Å². The normalized spacial score (nSPS) is 10.3. The van der Waals surface area contributed by atoms with Crippen molar-refractivity contribution < 1.29 is 13.6 Å². The maximum Gasteiger partial charge on any atom is 0.220 e. The zero-order valence-corrected chi connectivity index (χ0v) is 10.9. The third-order valence-corrected chi connectivity index (χ3v) is 2.93. The van der Waals surface area contributed by atoms with Crippen molar-refractivity contribution in [2.24, 2.45) is 0 Å². The zero-order chi connectivity index (χ0) is 14.4. The third kappa shape index (κ3) is 4.46. The van der Waals surface area contributed by atoms with Crippen LogP contribution in [0, 0.1) is 11.6 Å². The van der Waals surface area contributed by atoms with Crippen LogP contribution in [0.4, 0.5) is 8.78 Å². The smallest absolute Gasteiger partial charge is 0.220 e. The van der Waals surface area contributed by atoms with Crippen molar-refractivity contribution in [2.45, 2.75) is 19.4 Å². The van der Waals surface area contributed by atoms with Gasteiger partial charge in [-0.2, -0.15) is 0 Å². The molecule has 0 fully saturated rings. The van der Waals surface area contributed by atoms with Crippen LogP contribution >= 0.6 is 0 Å². The van der Waals surface area contributed by atoms with Gasteiger partial charge in [-0.1, -0.05) is 24.3 Å². The quantitative estimate of drug-likeness (QED) is 0.892. The van der Waals surface area contributed by atoms with E-state index in [0.29, 0.717) is 19.4 Å². The lowest BCUT2D eigenvalue weighted by Crippen LogP contribution is -2.22. The zero-order valence-electron chi connectivity index (χ0n) is 10.9. The molecule has 2 aromatic carbocycles. The Kier molecular flexibility index (Phi) is 4.82. The number of rotatable bonds is 5. The maximum atomic E-state index is 13.0. The molecule has 0 saturated heterocycles. The molecule has 104 valence electrons. The van der Waals surface area contributed by atoms with E-state index in [1.54, 1.807) is 24.3 Å². The lowest BCUT2D eigenvalue weighted by molar-refractivity contribution is -0.121. The van der Waals surface area contributed by atoms with E-state index in [4.69, 9.17) is 0 Å². The van der Waals surface area contributed by atoms with Crippen molar-refractivity contribution in [3.63, 3.8) is 0 Å². The van der Waals surface area contributed by atoms with Crippen molar-refractivity contribution in [1.82, 2.24) is 5.32 Å². The number of hydrogen-bond acceptors (Lipinski definition) is 1. The van der Waals surface area contributed by atoms with Gasteiger partial charge in [-0.3, -0.25) is 4.79 Å². The predicted octanol–water partition coefficient (Wildman–Crippen LogP) is 3.21. The minimum atomic E-state index is -0.300. The number of hydrogen-bond donors (Lipinski definition) is 1. The van der Waals surface area contributed by atoms with Crippen molar-refractivity contribution in [2.75, 3.05) is 0 Å². The summed E-state index contributed by atoms with van der Waals surface area (Å²) in [7, 11) is 0. The number of carbonyl (C=O) groups is 1. The second kappa shape index (κ2) is 6.80. The molecule has 0 unspecified atom stereocenters. The van der Waals surface area contributed by atoms with Crippen LogP contribution in [0.25, 0.3) is 0 Å². The van der Waals surface area contributed by atoms with Crippen LogP contribution < -0.4 is 5.32 Å². The minimum absolute atomic E-state index is 0.112. The van der Waals surface area contributed by atoms with Crippen LogP contribution in [0.3, 0.4) is 0 Å². The van der Waals surface area contributed by atoms with Gasteiger partial charge >= 0.3 is 0 Å². The lowest BCUT2D eigenvalue weighted by atomic mass is 10.1. The fourth-order valence-corrected chi connectivity index (χ4v) is 1.84. The Morgan fingerprint density at radius 1 is 0.950 bits per heavy atom. The van der Waals surface area contributed by atoms with Gasteiger partial charge in [-0.05, 0) is 41.8 Å².